The van der Waals surface area contributed by atoms with Crippen LogP contribution in [0.15, 0.2) is 72.8 Å². The Labute approximate surface area is 364 Å². The molecule has 0 N–H and O–H groups in total. The third-order valence-electron chi connectivity index (χ3n) is 7.16. The van der Waals surface area contributed by atoms with Gasteiger partial charge in [0, 0.05) is 15.1 Å². The molecule has 0 bridgehead atoms. The van der Waals surface area contributed by atoms with Crippen LogP contribution in [0.5, 0.6) is 0 Å². The molecule has 0 heterocycles. The van der Waals surface area contributed by atoms with Gasteiger partial charge in [-0.15, -0.1) is 0 Å². The summed E-state index contributed by atoms with van der Waals surface area (Å²) in [7, 11) is -19.3. The zero-order chi connectivity index (χ0) is 44.5. The Morgan fingerprint density at radius 2 is 0.492 bits per heavy atom. The molecule has 0 spiro atoms. The van der Waals surface area contributed by atoms with Crippen molar-refractivity contribution in [2.75, 3.05) is 0 Å². The van der Waals surface area contributed by atoms with Gasteiger partial charge in [-0.05, 0) is 136 Å². The number of hydrogen-bond acceptors (Lipinski definition) is 13. The zero-order valence-corrected chi connectivity index (χ0v) is 41.2. The first-order valence-corrected chi connectivity index (χ1v) is 26.5. The Morgan fingerprint density at radius 1 is 0.322 bits per heavy atom. The maximum Gasteiger partial charge on any atom is 0.478 e. The third-order valence-corrected chi connectivity index (χ3v) is 17.0. The summed E-state index contributed by atoms with van der Waals surface area (Å²) < 4.78 is 117. The molecule has 0 saturated heterocycles. The van der Waals surface area contributed by atoms with Crippen molar-refractivity contribution in [1.82, 2.24) is 0 Å². The lowest BCUT2D eigenvalue weighted by atomic mass is 10.2. The molecule has 0 aliphatic carbocycles. The van der Waals surface area contributed by atoms with Crippen LogP contribution in [0, 0.1) is 0 Å². The van der Waals surface area contributed by atoms with Crippen molar-refractivity contribution in [2.24, 2.45) is 0 Å². The molecule has 20 heteroatoms. The molecule has 3 rings (SSSR count). The maximum absolute atomic E-state index is 16.2. The van der Waals surface area contributed by atoms with Gasteiger partial charge >= 0.3 is 30.6 Å². The standard InChI is InChI=1S/C39H57Cl3O13P4/c1-25(2)47-56(43,48-26(3)4)37(31-13-19-34(40)20-14-31)53-59(46,54-38(32-15-21-35(41)22-16-32)57(44,49-27(5)6)50-28(7)8)55-39(33-17-23-36(42)24-18-33)58(45,51-29(9)10)52-30(11)12/h13-30,37-39H,1-12H3. The summed E-state index contributed by atoms with van der Waals surface area (Å²) in [4.78, 5) is 0. The van der Waals surface area contributed by atoms with Gasteiger partial charge in [-0.25, -0.2) is 4.57 Å². The fraction of sp³-hybridized carbons (Fsp3) is 0.538. The number of halogens is 3. The highest BCUT2D eigenvalue weighted by atomic mass is 35.5. The molecule has 0 radical (unpaired) electrons. The molecule has 0 aromatic heterocycles. The van der Waals surface area contributed by atoms with Crippen LogP contribution in [0.1, 0.15) is 117 Å². The fourth-order valence-corrected chi connectivity index (χ4v) is 15.4. The first-order chi connectivity index (χ1) is 27.3. The molecule has 0 amide bonds. The summed E-state index contributed by atoms with van der Waals surface area (Å²) in [5.41, 5.74) is 0.327. The van der Waals surface area contributed by atoms with E-state index in [1.54, 1.807) is 83.1 Å². The van der Waals surface area contributed by atoms with E-state index < -0.39 is 84.8 Å². The Balaban J connectivity index is 2.53. The SMILES string of the molecule is CC(C)OP(=O)(OC(C)C)C(OP(=O)(OC(c1ccc(Cl)cc1)P(=O)(OC(C)C)OC(C)C)OC(c1ccc(Cl)cc1)P(=O)(OC(C)C)OC(C)C)c1ccc(Cl)cc1. The van der Waals surface area contributed by atoms with Crippen molar-refractivity contribution in [3.05, 3.63) is 105 Å². The first-order valence-electron chi connectivity index (χ1n) is 19.1. The van der Waals surface area contributed by atoms with Gasteiger partial charge in [0.25, 0.3) is 0 Å². The highest BCUT2D eigenvalue weighted by molar-refractivity contribution is 7.58. The molecule has 0 saturated carbocycles. The van der Waals surface area contributed by atoms with E-state index in [0.29, 0.717) is 15.1 Å². The van der Waals surface area contributed by atoms with Crippen LogP contribution < -0.4 is 0 Å². The topological polar surface area (TPSA) is 151 Å². The van der Waals surface area contributed by atoms with E-state index in [0.717, 1.165) is 0 Å². The summed E-state index contributed by atoms with van der Waals surface area (Å²) in [5, 5.41) is 0.940. The molecule has 0 aliphatic heterocycles. The highest BCUT2D eigenvalue weighted by Crippen LogP contribution is 2.77. The highest BCUT2D eigenvalue weighted by Gasteiger charge is 2.54. The molecule has 0 aliphatic rings. The predicted molar refractivity (Wildman–Crippen MR) is 234 cm³/mol. The second kappa shape index (κ2) is 22.6. The van der Waals surface area contributed by atoms with Crippen molar-refractivity contribution < 1.29 is 59.0 Å². The van der Waals surface area contributed by atoms with Crippen LogP contribution >= 0.6 is 65.4 Å². The third kappa shape index (κ3) is 16.0. The number of rotatable bonds is 24. The lowest BCUT2D eigenvalue weighted by Gasteiger charge is -2.37. The second-order valence-corrected chi connectivity index (χ2v) is 23.8. The van der Waals surface area contributed by atoms with Crippen LogP contribution in [0.25, 0.3) is 0 Å². The van der Waals surface area contributed by atoms with Gasteiger partial charge < -0.3 is 27.1 Å². The summed E-state index contributed by atoms with van der Waals surface area (Å²) in [6.07, 6.45) is -4.33. The van der Waals surface area contributed by atoms with E-state index in [1.165, 1.54) is 72.8 Å². The zero-order valence-electron chi connectivity index (χ0n) is 35.4. The quantitative estimate of drug-likeness (QED) is 0.0784. The molecule has 0 fully saturated rings. The van der Waals surface area contributed by atoms with Crippen LogP contribution in [-0.4, -0.2) is 36.6 Å². The van der Waals surface area contributed by atoms with E-state index in [1.807, 2.05) is 0 Å². The van der Waals surface area contributed by atoms with Gasteiger partial charge in [-0.1, -0.05) is 71.2 Å². The first kappa shape index (κ1) is 52.4. The van der Waals surface area contributed by atoms with Gasteiger partial charge in [0.1, 0.15) is 0 Å². The Kier molecular flexibility index (Phi) is 20.1. The van der Waals surface area contributed by atoms with Crippen LogP contribution in [-0.2, 0) is 59.0 Å². The van der Waals surface area contributed by atoms with Crippen LogP contribution in [0.2, 0.25) is 15.1 Å². The molecule has 3 aromatic rings. The molecule has 332 valence electrons. The molecule has 13 nitrogen and oxygen atoms in total. The second-order valence-electron chi connectivity index (χ2n) is 15.0. The maximum atomic E-state index is 16.2. The molecule has 3 atom stereocenters. The summed E-state index contributed by atoms with van der Waals surface area (Å²) in [5.74, 6) is -5.67. The van der Waals surface area contributed by atoms with Crippen LogP contribution in [0.3, 0.4) is 0 Å². The minimum absolute atomic E-state index is 0.109. The largest absolute Gasteiger partial charge is 0.478 e. The fourth-order valence-electron chi connectivity index (χ4n) is 5.40. The average Bonchev–Trinajstić information content (AvgIpc) is 3.08. The smallest absolute Gasteiger partial charge is 0.304 e. The molecular formula is C39H57Cl3O13P4. The summed E-state index contributed by atoms with van der Waals surface area (Å²) in [6, 6.07) is 17.7. The predicted octanol–water partition coefficient (Wildman–Crippen LogP) is 15.3. The minimum atomic E-state index is -5.57. The Morgan fingerprint density at radius 3 is 0.644 bits per heavy atom. The number of phosphoric ester groups is 1. The normalized spacial score (nSPS) is 15.7. The van der Waals surface area contributed by atoms with Gasteiger partial charge in [0.05, 0.1) is 36.6 Å². The van der Waals surface area contributed by atoms with Crippen LogP contribution in [0.4, 0.5) is 0 Å². The van der Waals surface area contributed by atoms with E-state index in [9.17, 15) is 0 Å². The van der Waals surface area contributed by atoms with Crippen molar-refractivity contribution in [3.63, 3.8) is 0 Å². The Bertz CT molecular complexity index is 1700. The lowest BCUT2D eigenvalue weighted by molar-refractivity contribution is 0.0346. The van der Waals surface area contributed by atoms with Crippen molar-refractivity contribution in [1.29, 1.82) is 0 Å². The Hall–Kier alpha value is -0.910. The van der Waals surface area contributed by atoms with Gasteiger partial charge in [0.2, 0.25) is 0 Å². The lowest BCUT2D eigenvalue weighted by Crippen LogP contribution is -2.20. The summed E-state index contributed by atoms with van der Waals surface area (Å²) in [6.45, 7) is 19.5. The van der Waals surface area contributed by atoms with E-state index in [-0.39, 0.29) is 16.7 Å². The monoisotopic (exact) mass is 962 g/mol. The van der Waals surface area contributed by atoms with Crippen molar-refractivity contribution in [3.8, 4) is 0 Å². The molecule has 59 heavy (non-hydrogen) atoms. The number of benzene rings is 3. The van der Waals surface area contributed by atoms with E-state index in [2.05, 4.69) is 0 Å². The molecule has 3 unspecified atom stereocenters. The molecular weight excluding hydrogens is 907 g/mol. The van der Waals surface area contributed by atoms with Gasteiger partial charge in [-0.2, -0.15) is 0 Å². The number of phosphoric acid groups is 1. The minimum Gasteiger partial charge on any atom is -0.304 e. The van der Waals surface area contributed by atoms with Gasteiger partial charge in [-0.3, -0.25) is 27.3 Å². The van der Waals surface area contributed by atoms with Crippen molar-refractivity contribution in [2.45, 2.75) is 137 Å². The summed E-state index contributed by atoms with van der Waals surface area (Å²) >= 11 is 18.8. The van der Waals surface area contributed by atoms with Gasteiger partial charge in [0.15, 0.2) is 17.5 Å². The number of hydrogen-bond donors (Lipinski definition) is 0. The van der Waals surface area contributed by atoms with Crippen molar-refractivity contribution >= 4 is 65.4 Å². The average molecular weight is 964 g/mol. The molecule has 3 aromatic carbocycles. The van der Waals surface area contributed by atoms with E-state index in [4.69, 9.17) is 75.5 Å². The van der Waals surface area contributed by atoms with E-state index >= 15 is 18.3 Å².